The number of halogens is 1. The predicted molar refractivity (Wildman–Crippen MR) is 78.6 cm³/mol. The smallest absolute Gasteiger partial charge is 0.225 e. The number of rotatable bonds is 3. The van der Waals surface area contributed by atoms with E-state index in [1.807, 2.05) is 34.9 Å². The minimum absolute atomic E-state index is 0.421. The zero-order chi connectivity index (χ0) is 13.2. The first-order valence-corrected chi connectivity index (χ1v) is 7.13. The molecule has 3 nitrogen and oxygen atoms in total. The van der Waals surface area contributed by atoms with E-state index < -0.39 is 0 Å². The third kappa shape index (κ3) is 2.55. The Morgan fingerprint density at radius 3 is 2.58 bits per heavy atom. The lowest BCUT2D eigenvalue weighted by Crippen LogP contribution is -2.01. The van der Waals surface area contributed by atoms with Crippen molar-refractivity contribution in [1.82, 2.24) is 14.8 Å². The first-order valence-electron chi connectivity index (χ1n) is 5.93. The fourth-order valence-electron chi connectivity index (χ4n) is 1.95. The van der Waals surface area contributed by atoms with Crippen LogP contribution in [0, 0.1) is 6.92 Å². The van der Waals surface area contributed by atoms with Gasteiger partial charge in [0.2, 0.25) is 5.28 Å². The van der Waals surface area contributed by atoms with E-state index in [0.29, 0.717) is 11.8 Å². The highest BCUT2D eigenvalue weighted by Gasteiger charge is 2.12. The van der Waals surface area contributed by atoms with Crippen LogP contribution >= 0.6 is 22.9 Å². The van der Waals surface area contributed by atoms with Gasteiger partial charge < -0.3 is 0 Å². The Balaban J connectivity index is 1.99. The summed E-state index contributed by atoms with van der Waals surface area (Å²) in [4.78, 5) is 2.54. The second kappa shape index (κ2) is 5.15. The van der Waals surface area contributed by atoms with E-state index in [-0.39, 0.29) is 0 Å². The molecule has 0 unspecified atom stereocenters. The fourth-order valence-corrected chi connectivity index (χ4v) is 3.01. The summed E-state index contributed by atoms with van der Waals surface area (Å²) in [6.45, 7) is 2.80. The van der Waals surface area contributed by atoms with Gasteiger partial charge in [0.05, 0.1) is 6.54 Å². The zero-order valence-corrected chi connectivity index (χ0v) is 11.9. The van der Waals surface area contributed by atoms with Crippen molar-refractivity contribution in [2.24, 2.45) is 0 Å². The molecule has 0 amide bonds. The van der Waals surface area contributed by atoms with Crippen LogP contribution in [0.25, 0.3) is 11.4 Å². The van der Waals surface area contributed by atoms with E-state index in [4.69, 9.17) is 11.6 Å². The van der Waals surface area contributed by atoms with E-state index in [2.05, 4.69) is 29.3 Å². The third-order valence-corrected chi connectivity index (χ3v) is 4.11. The number of hydrogen-bond acceptors (Lipinski definition) is 3. The van der Waals surface area contributed by atoms with Gasteiger partial charge in [-0.15, -0.1) is 21.5 Å². The maximum absolute atomic E-state index is 6.15. The van der Waals surface area contributed by atoms with E-state index in [1.165, 1.54) is 9.75 Å². The van der Waals surface area contributed by atoms with Crippen LogP contribution in [-0.2, 0) is 6.54 Å². The molecule has 0 saturated heterocycles. The number of aryl methyl sites for hydroxylation is 1. The molecule has 0 aliphatic carbocycles. The van der Waals surface area contributed by atoms with Gasteiger partial charge in [0.25, 0.3) is 0 Å². The van der Waals surface area contributed by atoms with Crippen molar-refractivity contribution >= 4 is 22.9 Å². The molecular formula is C14H12ClN3S. The van der Waals surface area contributed by atoms with Crippen LogP contribution in [0.5, 0.6) is 0 Å². The van der Waals surface area contributed by atoms with Crippen molar-refractivity contribution in [2.45, 2.75) is 13.5 Å². The SMILES string of the molecule is Cc1ccc(Cn2c(Cl)nnc2-c2ccccc2)s1. The third-order valence-electron chi connectivity index (χ3n) is 2.85. The summed E-state index contributed by atoms with van der Waals surface area (Å²) in [5.41, 5.74) is 1.02. The van der Waals surface area contributed by atoms with Crippen molar-refractivity contribution in [3.8, 4) is 11.4 Å². The molecule has 3 aromatic rings. The maximum Gasteiger partial charge on any atom is 0.225 e. The largest absolute Gasteiger partial charge is 0.292 e. The normalized spacial score (nSPS) is 10.8. The molecule has 2 heterocycles. The van der Waals surface area contributed by atoms with Crippen molar-refractivity contribution in [3.63, 3.8) is 0 Å². The molecule has 1 aromatic carbocycles. The number of thiophene rings is 1. The number of hydrogen-bond donors (Lipinski definition) is 0. The lowest BCUT2D eigenvalue weighted by atomic mass is 10.2. The second-order valence-electron chi connectivity index (χ2n) is 4.26. The van der Waals surface area contributed by atoms with Crippen molar-refractivity contribution in [3.05, 3.63) is 57.5 Å². The standard InChI is InChI=1S/C14H12ClN3S/c1-10-7-8-12(19-10)9-18-13(16-17-14(18)15)11-5-3-2-4-6-11/h2-8H,9H2,1H3. The Labute approximate surface area is 120 Å². The molecule has 3 rings (SSSR count). The minimum Gasteiger partial charge on any atom is -0.292 e. The van der Waals surface area contributed by atoms with Crippen LogP contribution in [0.2, 0.25) is 5.28 Å². The monoisotopic (exact) mass is 289 g/mol. The molecule has 96 valence electrons. The molecule has 0 radical (unpaired) electrons. The topological polar surface area (TPSA) is 30.7 Å². The summed E-state index contributed by atoms with van der Waals surface area (Å²) in [5, 5.41) is 8.57. The van der Waals surface area contributed by atoms with Gasteiger partial charge in [-0.1, -0.05) is 30.3 Å². The van der Waals surface area contributed by atoms with Crippen LogP contribution in [-0.4, -0.2) is 14.8 Å². The summed E-state index contributed by atoms with van der Waals surface area (Å²) >= 11 is 7.91. The number of aromatic nitrogens is 3. The van der Waals surface area contributed by atoms with E-state index in [0.717, 1.165) is 11.4 Å². The lowest BCUT2D eigenvalue weighted by Gasteiger charge is -2.06. The van der Waals surface area contributed by atoms with Gasteiger partial charge in [0, 0.05) is 15.3 Å². The average Bonchev–Trinajstić information content (AvgIpc) is 2.99. The fraction of sp³-hybridized carbons (Fsp3) is 0.143. The van der Waals surface area contributed by atoms with Gasteiger partial charge >= 0.3 is 0 Å². The van der Waals surface area contributed by atoms with E-state index in [9.17, 15) is 0 Å². The molecule has 19 heavy (non-hydrogen) atoms. The van der Waals surface area contributed by atoms with Crippen molar-refractivity contribution in [1.29, 1.82) is 0 Å². The van der Waals surface area contributed by atoms with Gasteiger partial charge in [0.15, 0.2) is 5.82 Å². The minimum atomic E-state index is 0.421. The molecule has 0 saturated carbocycles. The first kappa shape index (κ1) is 12.4. The van der Waals surface area contributed by atoms with Gasteiger partial charge in [0.1, 0.15) is 0 Å². The molecule has 0 bridgehead atoms. The molecule has 0 spiro atoms. The maximum atomic E-state index is 6.15. The van der Waals surface area contributed by atoms with Crippen molar-refractivity contribution in [2.75, 3.05) is 0 Å². The summed E-state index contributed by atoms with van der Waals surface area (Å²) in [7, 11) is 0. The molecular weight excluding hydrogens is 278 g/mol. The van der Waals surface area contributed by atoms with Crippen LogP contribution < -0.4 is 0 Å². The second-order valence-corrected chi connectivity index (χ2v) is 5.97. The van der Waals surface area contributed by atoms with E-state index in [1.54, 1.807) is 11.3 Å². The van der Waals surface area contributed by atoms with Crippen LogP contribution in [0.3, 0.4) is 0 Å². The summed E-state index contributed by atoms with van der Waals surface area (Å²) < 4.78 is 1.93. The first-order chi connectivity index (χ1) is 9.24. The Bertz CT molecular complexity index is 688. The van der Waals surface area contributed by atoms with Crippen LogP contribution in [0.15, 0.2) is 42.5 Å². The van der Waals surface area contributed by atoms with Crippen molar-refractivity contribution < 1.29 is 0 Å². The highest BCUT2D eigenvalue weighted by molar-refractivity contribution is 7.11. The molecule has 2 aromatic heterocycles. The molecule has 0 aliphatic heterocycles. The van der Waals surface area contributed by atoms with Gasteiger partial charge in [-0.2, -0.15) is 0 Å². The quantitative estimate of drug-likeness (QED) is 0.729. The van der Waals surface area contributed by atoms with Gasteiger partial charge in [-0.3, -0.25) is 4.57 Å². The highest BCUT2D eigenvalue weighted by atomic mass is 35.5. The molecule has 0 N–H and O–H groups in total. The Morgan fingerprint density at radius 2 is 1.89 bits per heavy atom. The molecule has 0 atom stereocenters. The Morgan fingerprint density at radius 1 is 1.11 bits per heavy atom. The molecule has 0 aliphatic rings. The summed E-state index contributed by atoms with van der Waals surface area (Å²) in [5.74, 6) is 0.802. The van der Waals surface area contributed by atoms with Gasteiger partial charge in [-0.05, 0) is 30.7 Å². The zero-order valence-electron chi connectivity index (χ0n) is 10.4. The Hall–Kier alpha value is -1.65. The number of benzene rings is 1. The van der Waals surface area contributed by atoms with Gasteiger partial charge in [-0.25, -0.2) is 0 Å². The van der Waals surface area contributed by atoms with E-state index >= 15 is 0 Å². The lowest BCUT2D eigenvalue weighted by molar-refractivity contribution is 0.817. The molecule has 0 fully saturated rings. The highest BCUT2D eigenvalue weighted by Crippen LogP contribution is 2.24. The predicted octanol–water partition coefficient (Wildman–Crippen LogP) is 4.02. The van der Waals surface area contributed by atoms with Crippen LogP contribution in [0.4, 0.5) is 0 Å². The molecule has 5 heteroatoms. The number of nitrogens with zero attached hydrogens (tertiary/aromatic N) is 3. The summed E-state index contributed by atoms with van der Waals surface area (Å²) in [6.07, 6.45) is 0. The Kier molecular flexibility index (Phi) is 3.36. The van der Waals surface area contributed by atoms with Crippen LogP contribution in [0.1, 0.15) is 9.75 Å². The average molecular weight is 290 g/mol. The summed E-state index contributed by atoms with van der Waals surface area (Å²) in [6, 6.07) is 14.2.